The highest BCUT2D eigenvalue weighted by Gasteiger charge is 2.32. The van der Waals surface area contributed by atoms with Crippen molar-refractivity contribution in [3.05, 3.63) is 30.3 Å². The van der Waals surface area contributed by atoms with E-state index in [-0.39, 0.29) is 23.1 Å². The summed E-state index contributed by atoms with van der Waals surface area (Å²) in [5, 5.41) is 0. The second kappa shape index (κ2) is 5.81. The van der Waals surface area contributed by atoms with Gasteiger partial charge in [0.1, 0.15) is 6.73 Å². The van der Waals surface area contributed by atoms with Gasteiger partial charge in [0, 0.05) is 12.1 Å². The topological polar surface area (TPSA) is 55.8 Å². The van der Waals surface area contributed by atoms with E-state index in [9.17, 15) is 8.42 Å². The molecule has 0 bridgehead atoms. The summed E-state index contributed by atoms with van der Waals surface area (Å²) in [6.45, 7) is 7.52. The largest absolute Gasteiger partial charge is 0.359 e. The van der Waals surface area contributed by atoms with Crippen LogP contribution in [0.5, 0.6) is 0 Å². The van der Waals surface area contributed by atoms with Gasteiger partial charge in [-0.25, -0.2) is 0 Å². The van der Waals surface area contributed by atoms with E-state index in [1.165, 1.54) is 12.1 Å². The average Bonchev–Trinajstić information content (AvgIpc) is 2.86. The van der Waals surface area contributed by atoms with Crippen molar-refractivity contribution in [3.8, 4) is 0 Å². The van der Waals surface area contributed by atoms with Crippen LogP contribution in [0.2, 0.25) is 0 Å². The first-order chi connectivity index (χ1) is 9.29. The van der Waals surface area contributed by atoms with Gasteiger partial charge in [-0.3, -0.25) is 9.08 Å². The SMILES string of the molecule is CC(C)(C)N1CO[C@H](COS(=O)(=O)c2ccccc2)C1. The molecule has 6 heteroatoms. The lowest BCUT2D eigenvalue weighted by atomic mass is 10.1. The van der Waals surface area contributed by atoms with Crippen LogP contribution < -0.4 is 0 Å². The van der Waals surface area contributed by atoms with E-state index in [0.29, 0.717) is 13.3 Å². The van der Waals surface area contributed by atoms with Gasteiger partial charge < -0.3 is 4.74 Å². The van der Waals surface area contributed by atoms with Gasteiger partial charge in [0.25, 0.3) is 10.1 Å². The molecular formula is C14H21NO4S. The molecule has 0 spiro atoms. The van der Waals surface area contributed by atoms with Crippen LogP contribution in [0, 0.1) is 0 Å². The summed E-state index contributed by atoms with van der Waals surface area (Å²) >= 11 is 0. The highest BCUT2D eigenvalue weighted by molar-refractivity contribution is 7.86. The zero-order valence-electron chi connectivity index (χ0n) is 12.1. The zero-order valence-corrected chi connectivity index (χ0v) is 12.9. The first kappa shape index (κ1) is 15.4. The second-order valence-electron chi connectivity index (χ2n) is 5.86. The maximum atomic E-state index is 12.0. The molecule has 20 heavy (non-hydrogen) atoms. The van der Waals surface area contributed by atoms with E-state index in [4.69, 9.17) is 8.92 Å². The van der Waals surface area contributed by atoms with Crippen LogP contribution >= 0.6 is 0 Å². The fraction of sp³-hybridized carbons (Fsp3) is 0.571. The highest BCUT2D eigenvalue weighted by Crippen LogP contribution is 2.21. The summed E-state index contributed by atoms with van der Waals surface area (Å²) in [6, 6.07) is 8.15. The smallest absolute Gasteiger partial charge is 0.297 e. The van der Waals surface area contributed by atoms with Gasteiger partial charge in [-0.15, -0.1) is 0 Å². The number of nitrogens with zero attached hydrogens (tertiary/aromatic N) is 1. The zero-order chi connectivity index (χ0) is 14.8. The molecule has 1 aromatic carbocycles. The van der Waals surface area contributed by atoms with E-state index in [0.717, 1.165) is 0 Å². The van der Waals surface area contributed by atoms with Gasteiger partial charge in [-0.1, -0.05) is 18.2 Å². The fourth-order valence-corrected chi connectivity index (χ4v) is 2.89. The number of hydrogen-bond donors (Lipinski definition) is 0. The van der Waals surface area contributed by atoms with Crippen LogP contribution in [0.1, 0.15) is 20.8 Å². The van der Waals surface area contributed by atoms with Gasteiger partial charge in [0.15, 0.2) is 0 Å². The van der Waals surface area contributed by atoms with Gasteiger partial charge in [-0.2, -0.15) is 8.42 Å². The lowest BCUT2D eigenvalue weighted by Gasteiger charge is -2.29. The third kappa shape index (κ3) is 3.79. The summed E-state index contributed by atoms with van der Waals surface area (Å²) in [5.41, 5.74) is 0.00700. The van der Waals surface area contributed by atoms with Crippen LogP contribution in [0.4, 0.5) is 0 Å². The summed E-state index contributed by atoms with van der Waals surface area (Å²) in [7, 11) is -3.70. The molecule has 1 heterocycles. The molecule has 0 amide bonds. The minimum absolute atomic E-state index is 0.00700. The van der Waals surface area contributed by atoms with E-state index >= 15 is 0 Å². The Morgan fingerprint density at radius 1 is 1.30 bits per heavy atom. The Morgan fingerprint density at radius 3 is 2.50 bits per heavy atom. The Bertz CT molecular complexity index is 536. The Hall–Kier alpha value is -0.950. The molecule has 1 atom stereocenters. The molecule has 0 radical (unpaired) electrons. The van der Waals surface area contributed by atoms with Crippen LogP contribution in [-0.4, -0.2) is 44.8 Å². The Morgan fingerprint density at radius 2 is 1.95 bits per heavy atom. The van der Waals surface area contributed by atoms with Crippen molar-refractivity contribution in [2.45, 2.75) is 37.3 Å². The summed E-state index contributed by atoms with van der Waals surface area (Å²) < 4.78 is 34.6. The van der Waals surface area contributed by atoms with Crippen molar-refractivity contribution >= 4 is 10.1 Å². The Balaban J connectivity index is 1.91. The molecule has 0 unspecified atom stereocenters. The molecule has 2 rings (SSSR count). The van der Waals surface area contributed by atoms with Gasteiger partial charge in [-0.05, 0) is 32.9 Å². The third-order valence-electron chi connectivity index (χ3n) is 3.28. The average molecular weight is 299 g/mol. The molecule has 1 fully saturated rings. The molecule has 1 saturated heterocycles. The van der Waals surface area contributed by atoms with E-state index in [1.807, 2.05) is 0 Å². The van der Waals surface area contributed by atoms with Crippen molar-refractivity contribution in [2.24, 2.45) is 0 Å². The van der Waals surface area contributed by atoms with Gasteiger partial charge in [0.05, 0.1) is 17.6 Å². The van der Waals surface area contributed by atoms with E-state index in [1.54, 1.807) is 18.2 Å². The maximum absolute atomic E-state index is 12.0. The molecule has 112 valence electrons. The number of ether oxygens (including phenoxy) is 1. The van der Waals surface area contributed by atoms with Gasteiger partial charge >= 0.3 is 0 Å². The van der Waals surface area contributed by atoms with Crippen molar-refractivity contribution in [1.82, 2.24) is 4.90 Å². The molecule has 0 aliphatic carbocycles. The first-order valence-electron chi connectivity index (χ1n) is 6.60. The van der Waals surface area contributed by atoms with Crippen molar-refractivity contribution < 1.29 is 17.3 Å². The molecular weight excluding hydrogens is 278 g/mol. The molecule has 0 N–H and O–H groups in total. The van der Waals surface area contributed by atoms with Crippen molar-refractivity contribution in [3.63, 3.8) is 0 Å². The molecule has 1 aromatic rings. The minimum atomic E-state index is -3.70. The van der Waals surface area contributed by atoms with Crippen molar-refractivity contribution in [2.75, 3.05) is 19.9 Å². The number of benzene rings is 1. The lowest BCUT2D eigenvalue weighted by molar-refractivity contribution is 0.0441. The van der Waals surface area contributed by atoms with E-state index < -0.39 is 10.1 Å². The number of hydrogen-bond acceptors (Lipinski definition) is 5. The minimum Gasteiger partial charge on any atom is -0.359 e. The molecule has 1 aliphatic rings. The van der Waals surface area contributed by atoms with Crippen LogP contribution in [0.3, 0.4) is 0 Å². The predicted octanol–water partition coefficient (Wildman–Crippen LogP) is 1.85. The quantitative estimate of drug-likeness (QED) is 0.794. The van der Waals surface area contributed by atoms with Crippen LogP contribution in [0.25, 0.3) is 0 Å². The summed E-state index contributed by atoms with van der Waals surface area (Å²) in [4.78, 5) is 2.32. The van der Waals surface area contributed by atoms with Gasteiger partial charge in [0.2, 0.25) is 0 Å². The molecule has 1 aliphatic heterocycles. The fourth-order valence-electron chi connectivity index (χ4n) is 1.94. The third-order valence-corrected chi connectivity index (χ3v) is 4.58. The monoisotopic (exact) mass is 299 g/mol. The van der Waals surface area contributed by atoms with Crippen LogP contribution in [0.15, 0.2) is 35.2 Å². The summed E-state index contributed by atoms with van der Waals surface area (Å²) in [6.07, 6.45) is -0.215. The van der Waals surface area contributed by atoms with Crippen molar-refractivity contribution in [1.29, 1.82) is 0 Å². The Kier molecular flexibility index (Phi) is 4.49. The predicted molar refractivity (Wildman–Crippen MR) is 75.8 cm³/mol. The molecule has 0 aromatic heterocycles. The lowest BCUT2D eigenvalue weighted by Crippen LogP contribution is -2.40. The molecule has 0 saturated carbocycles. The van der Waals surface area contributed by atoms with E-state index in [2.05, 4.69) is 25.7 Å². The maximum Gasteiger partial charge on any atom is 0.297 e. The molecule has 5 nitrogen and oxygen atoms in total. The standard InChI is InChI=1S/C14H21NO4S/c1-14(2,3)15-9-12(18-11-15)10-19-20(16,17)13-7-5-4-6-8-13/h4-8,12H,9-11H2,1-3H3/t12-/m0/s1. The highest BCUT2D eigenvalue weighted by atomic mass is 32.2. The van der Waals surface area contributed by atoms with Crippen LogP contribution in [-0.2, 0) is 19.0 Å². The second-order valence-corrected chi connectivity index (χ2v) is 7.48. The normalized spacial score (nSPS) is 21.2. The Labute approximate surface area is 120 Å². The summed E-state index contributed by atoms with van der Waals surface area (Å²) in [5.74, 6) is 0. The first-order valence-corrected chi connectivity index (χ1v) is 8.01. The number of rotatable bonds is 4.